The van der Waals surface area contributed by atoms with Gasteiger partial charge in [-0.05, 0) is 31.7 Å². The summed E-state index contributed by atoms with van der Waals surface area (Å²) in [5.41, 5.74) is 1.94. The van der Waals surface area contributed by atoms with Crippen molar-refractivity contribution in [2.45, 2.75) is 37.6 Å². The van der Waals surface area contributed by atoms with Crippen molar-refractivity contribution in [3.05, 3.63) is 42.6 Å². The van der Waals surface area contributed by atoms with Gasteiger partial charge in [-0.1, -0.05) is 0 Å². The minimum Gasteiger partial charge on any atom is -0.454 e. The molecule has 5 rings (SSSR count). The standard InChI is InChI=1S/C20H24N6O2/c1-25-12-15(11-22-25)23-19-10-17(4-7-21-19)28-18-13-26(16-2-3-16)24-20(18)14-5-8-27-9-6-14/h4,7,10-14,16H,2-3,5-6,8-9H2,1H3,(H,21,23). The van der Waals surface area contributed by atoms with E-state index in [-0.39, 0.29) is 0 Å². The molecule has 1 aliphatic carbocycles. The summed E-state index contributed by atoms with van der Waals surface area (Å²) in [6.45, 7) is 1.57. The molecule has 0 aromatic carbocycles. The van der Waals surface area contributed by atoms with Crippen LogP contribution in [0.3, 0.4) is 0 Å². The maximum absolute atomic E-state index is 6.28. The zero-order valence-electron chi connectivity index (χ0n) is 15.9. The molecule has 4 heterocycles. The minimum atomic E-state index is 0.388. The molecule has 0 bridgehead atoms. The third-order valence-electron chi connectivity index (χ3n) is 5.19. The summed E-state index contributed by atoms with van der Waals surface area (Å²) in [5, 5.41) is 12.3. The molecule has 0 unspecified atom stereocenters. The molecule has 1 saturated heterocycles. The predicted octanol–water partition coefficient (Wildman–Crippen LogP) is 3.78. The first-order chi connectivity index (χ1) is 13.7. The Morgan fingerprint density at radius 1 is 1.18 bits per heavy atom. The third-order valence-corrected chi connectivity index (χ3v) is 5.19. The van der Waals surface area contributed by atoms with Gasteiger partial charge in [0, 0.05) is 44.6 Å². The van der Waals surface area contributed by atoms with E-state index in [0.29, 0.717) is 17.8 Å². The molecule has 8 nitrogen and oxygen atoms in total. The fraction of sp³-hybridized carbons (Fsp3) is 0.450. The fourth-order valence-electron chi connectivity index (χ4n) is 3.55. The highest BCUT2D eigenvalue weighted by molar-refractivity contribution is 5.55. The van der Waals surface area contributed by atoms with Gasteiger partial charge in [-0.15, -0.1) is 0 Å². The number of ether oxygens (including phenoxy) is 2. The molecule has 2 fully saturated rings. The molecule has 1 N–H and O–H groups in total. The molecular weight excluding hydrogens is 356 g/mol. The van der Waals surface area contributed by atoms with Gasteiger partial charge in [-0.3, -0.25) is 9.36 Å². The van der Waals surface area contributed by atoms with Gasteiger partial charge in [-0.25, -0.2) is 4.98 Å². The van der Waals surface area contributed by atoms with Gasteiger partial charge >= 0.3 is 0 Å². The number of aromatic nitrogens is 5. The average Bonchev–Trinajstić information content (AvgIpc) is 3.36. The highest BCUT2D eigenvalue weighted by atomic mass is 16.5. The van der Waals surface area contributed by atoms with Crippen LogP contribution in [0, 0.1) is 0 Å². The van der Waals surface area contributed by atoms with Gasteiger partial charge in [0.15, 0.2) is 5.75 Å². The van der Waals surface area contributed by atoms with E-state index in [0.717, 1.165) is 48.9 Å². The number of hydrogen-bond acceptors (Lipinski definition) is 6. The summed E-state index contributed by atoms with van der Waals surface area (Å²) in [7, 11) is 1.88. The predicted molar refractivity (Wildman–Crippen MR) is 104 cm³/mol. The molecule has 3 aromatic rings. The van der Waals surface area contributed by atoms with Crippen molar-refractivity contribution in [3.63, 3.8) is 0 Å². The Kier molecular flexibility index (Phi) is 4.48. The van der Waals surface area contributed by atoms with Crippen molar-refractivity contribution in [2.24, 2.45) is 7.05 Å². The van der Waals surface area contributed by atoms with Crippen molar-refractivity contribution in [1.29, 1.82) is 0 Å². The van der Waals surface area contributed by atoms with Gasteiger partial charge < -0.3 is 14.8 Å². The van der Waals surface area contributed by atoms with Crippen molar-refractivity contribution in [3.8, 4) is 11.5 Å². The van der Waals surface area contributed by atoms with Gasteiger partial charge in [0.1, 0.15) is 17.3 Å². The number of pyridine rings is 1. The maximum Gasteiger partial charge on any atom is 0.168 e. The van der Waals surface area contributed by atoms with E-state index in [1.165, 1.54) is 12.8 Å². The Labute approximate surface area is 163 Å². The van der Waals surface area contributed by atoms with E-state index in [2.05, 4.69) is 26.3 Å². The number of nitrogens with one attached hydrogen (secondary N) is 1. The van der Waals surface area contributed by atoms with Crippen LogP contribution in [0.15, 0.2) is 36.9 Å². The number of rotatable bonds is 6. The van der Waals surface area contributed by atoms with Crippen molar-refractivity contribution >= 4 is 11.5 Å². The molecule has 3 aromatic heterocycles. The van der Waals surface area contributed by atoms with E-state index in [4.69, 9.17) is 14.6 Å². The summed E-state index contributed by atoms with van der Waals surface area (Å²) < 4.78 is 15.6. The molecule has 146 valence electrons. The lowest BCUT2D eigenvalue weighted by Crippen LogP contribution is -2.15. The average molecular weight is 380 g/mol. The Morgan fingerprint density at radius 3 is 2.79 bits per heavy atom. The van der Waals surface area contributed by atoms with Crippen molar-refractivity contribution in [2.75, 3.05) is 18.5 Å². The summed E-state index contributed by atoms with van der Waals surface area (Å²) in [4.78, 5) is 4.38. The van der Waals surface area contributed by atoms with Crippen LogP contribution in [-0.2, 0) is 11.8 Å². The van der Waals surface area contributed by atoms with Crippen molar-refractivity contribution in [1.82, 2.24) is 24.5 Å². The van der Waals surface area contributed by atoms with E-state index in [1.54, 1.807) is 17.1 Å². The van der Waals surface area contributed by atoms with Crippen LogP contribution in [0.25, 0.3) is 0 Å². The van der Waals surface area contributed by atoms with Gasteiger partial charge in [0.2, 0.25) is 0 Å². The molecular formula is C20H24N6O2. The van der Waals surface area contributed by atoms with Crippen molar-refractivity contribution < 1.29 is 9.47 Å². The second-order valence-electron chi connectivity index (χ2n) is 7.48. The fourth-order valence-corrected chi connectivity index (χ4v) is 3.55. The second-order valence-corrected chi connectivity index (χ2v) is 7.48. The number of aryl methyl sites for hydroxylation is 1. The molecule has 0 radical (unpaired) electrons. The van der Waals surface area contributed by atoms with Crippen LogP contribution in [-0.4, -0.2) is 37.8 Å². The zero-order valence-corrected chi connectivity index (χ0v) is 15.9. The SMILES string of the molecule is Cn1cc(Nc2cc(Oc3cn(C4CC4)nc3C3CCOCC3)ccn2)cn1. The lowest BCUT2D eigenvalue weighted by molar-refractivity contribution is 0.0839. The summed E-state index contributed by atoms with van der Waals surface area (Å²) >= 11 is 0. The smallest absolute Gasteiger partial charge is 0.168 e. The number of anilines is 2. The third kappa shape index (κ3) is 3.73. The topological polar surface area (TPSA) is 79.0 Å². The van der Waals surface area contributed by atoms with Gasteiger partial charge in [0.05, 0.1) is 24.1 Å². The molecule has 2 aliphatic rings. The van der Waals surface area contributed by atoms with Crippen LogP contribution in [0.5, 0.6) is 11.5 Å². The van der Waals surface area contributed by atoms with E-state index < -0.39 is 0 Å². The monoisotopic (exact) mass is 380 g/mol. The van der Waals surface area contributed by atoms with Crippen LogP contribution in [0.1, 0.15) is 43.3 Å². The quantitative estimate of drug-likeness (QED) is 0.701. The van der Waals surface area contributed by atoms with Crippen LogP contribution < -0.4 is 10.1 Å². The van der Waals surface area contributed by atoms with Gasteiger partial charge in [-0.2, -0.15) is 10.2 Å². The van der Waals surface area contributed by atoms with E-state index >= 15 is 0 Å². The molecule has 28 heavy (non-hydrogen) atoms. The molecule has 0 atom stereocenters. The highest BCUT2D eigenvalue weighted by Crippen LogP contribution is 2.40. The molecule has 0 amide bonds. The van der Waals surface area contributed by atoms with Crippen LogP contribution in [0.2, 0.25) is 0 Å². The lowest BCUT2D eigenvalue weighted by atomic mass is 9.96. The Hall–Kier alpha value is -2.87. The minimum absolute atomic E-state index is 0.388. The maximum atomic E-state index is 6.28. The first kappa shape index (κ1) is 17.2. The van der Waals surface area contributed by atoms with E-state index in [9.17, 15) is 0 Å². The summed E-state index contributed by atoms with van der Waals surface area (Å²) in [6, 6.07) is 4.29. The lowest BCUT2D eigenvalue weighted by Gasteiger charge is -2.21. The van der Waals surface area contributed by atoms with Crippen LogP contribution in [0.4, 0.5) is 11.5 Å². The number of nitrogens with zero attached hydrogens (tertiary/aromatic N) is 5. The molecule has 0 spiro atoms. The molecule has 1 aliphatic heterocycles. The largest absolute Gasteiger partial charge is 0.454 e. The van der Waals surface area contributed by atoms with E-state index in [1.807, 2.05) is 25.4 Å². The molecule has 8 heteroatoms. The summed E-state index contributed by atoms with van der Waals surface area (Å²) in [5.74, 6) is 2.69. The second kappa shape index (κ2) is 7.27. The first-order valence-electron chi connectivity index (χ1n) is 9.81. The first-order valence-corrected chi connectivity index (χ1v) is 9.81. The normalized spacial score (nSPS) is 17.6. The zero-order chi connectivity index (χ0) is 18.9. The van der Waals surface area contributed by atoms with Gasteiger partial charge in [0.25, 0.3) is 0 Å². The Balaban J connectivity index is 1.38. The highest BCUT2D eigenvalue weighted by Gasteiger charge is 2.29. The number of hydrogen-bond donors (Lipinski definition) is 1. The Morgan fingerprint density at radius 2 is 2.04 bits per heavy atom. The Bertz CT molecular complexity index is 955. The molecule has 1 saturated carbocycles. The van der Waals surface area contributed by atoms with Crippen LogP contribution >= 0.6 is 0 Å². The summed E-state index contributed by atoms with van der Waals surface area (Å²) in [6.07, 6.45) is 11.8.